The van der Waals surface area contributed by atoms with Gasteiger partial charge in [-0.1, -0.05) is 164 Å². The Bertz CT molecular complexity index is 3990. The molecule has 0 fully saturated rings. The molecule has 0 atom stereocenters. The van der Waals surface area contributed by atoms with Gasteiger partial charge in [0.15, 0.2) is 0 Å². The smallest absolute Gasteiger partial charge is 0.0562 e. The highest BCUT2D eigenvalue weighted by molar-refractivity contribution is 6.22. The van der Waals surface area contributed by atoms with Gasteiger partial charge in [-0.15, -0.1) is 0 Å². The molecule has 0 saturated carbocycles. The molecule has 0 amide bonds. The third-order valence-electron chi connectivity index (χ3n) is 14.0. The molecule has 4 nitrogen and oxygen atoms in total. The summed E-state index contributed by atoms with van der Waals surface area (Å²) in [6.07, 6.45) is 0. The van der Waals surface area contributed by atoms with E-state index in [0.717, 1.165) is 28.4 Å². The number of benzene rings is 11. The maximum atomic E-state index is 2.46. The fourth-order valence-electron chi connectivity index (χ4n) is 10.6. The zero-order chi connectivity index (χ0) is 45.1. The summed E-state index contributed by atoms with van der Waals surface area (Å²) in [6, 6.07) is 90.8. The molecule has 13 aromatic rings. The van der Waals surface area contributed by atoms with Gasteiger partial charge >= 0.3 is 0 Å². The predicted octanol–water partition coefficient (Wildman–Crippen LogP) is 17.0. The highest BCUT2D eigenvalue weighted by atomic mass is 15.1. The minimum Gasteiger partial charge on any atom is -0.345 e. The Hall–Kier alpha value is -8.86. The predicted molar refractivity (Wildman–Crippen MR) is 289 cm³/mol. The Morgan fingerprint density at radius 1 is 0.338 bits per heavy atom. The van der Waals surface area contributed by atoms with E-state index in [1.165, 1.54) is 87.5 Å². The summed E-state index contributed by atoms with van der Waals surface area (Å²) < 4.78 is 4.90. The van der Waals surface area contributed by atoms with Crippen LogP contribution in [0.25, 0.3) is 87.7 Å². The Morgan fingerprint density at radius 2 is 0.926 bits per heavy atom. The molecule has 11 aromatic carbocycles. The van der Waals surface area contributed by atoms with Crippen molar-refractivity contribution in [3.8, 4) is 22.5 Å². The number of nitrogens with zero attached hydrogens (tertiary/aromatic N) is 4. The quantitative estimate of drug-likeness (QED) is 0.144. The minimum absolute atomic E-state index is 0.679. The normalized spacial score (nSPS) is 11.7. The first-order valence-corrected chi connectivity index (χ1v) is 23.4. The Balaban J connectivity index is 0.937. The molecule has 13 rings (SSSR count). The second-order valence-electron chi connectivity index (χ2n) is 17.8. The van der Waals surface area contributed by atoms with E-state index in [-0.39, 0.29) is 0 Å². The topological polar surface area (TPSA) is 16.3 Å². The van der Waals surface area contributed by atoms with Crippen molar-refractivity contribution in [3.63, 3.8) is 0 Å². The second-order valence-corrected chi connectivity index (χ2v) is 17.8. The lowest BCUT2D eigenvalue weighted by molar-refractivity contribution is 0.974. The summed E-state index contributed by atoms with van der Waals surface area (Å²) in [6.45, 7) is 0.679. The average Bonchev–Trinajstić information content (AvgIpc) is 3.93. The molecule has 2 heterocycles. The van der Waals surface area contributed by atoms with Crippen molar-refractivity contribution in [1.82, 2.24) is 9.13 Å². The SMILES string of the molecule is CN(c1ccccc1)c1ccc2c(c1)c1c3ccccc3ccc1n2-c1ccc(CN(c2ccc(-c3ccccc3)cc2)c2ccc3c4ccccc4n(-c4cccc5ccccc45)c3c2)cc1. The number of hydrogen-bond acceptors (Lipinski definition) is 2. The van der Waals surface area contributed by atoms with E-state index in [1.54, 1.807) is 0 Å². The standard InChI is InChI=1S/C64H46N4/c1-65(49-20-6-3-7-21-49)52-37-40-61-58(41-52)64-55-23-11-9-18-48(55)31-39-62(64)67(61)51-32-27-44(28-33-51)43-66(50-34-29-46(30-35-50)45-15-4-2-5-16-45)53-36-38-57-56-24-12-13-25-60(56)68(63(57)42-53)59-26-14-19-47-17-8-10-22-54(47)59/h2-42H,43H2,1H3. The van der Waals surface area contributed by atoms with Crippen molar-refractivity contribution in [2.45, 2.75) is 6.54 Å². The van der Waals surface area contributed by atoms with E-state index >= 15 is 0 Å². The largest absolute Gasteiger partial charge is 0.345 e. The Morgan fingerprint density at radius 3 is 1.72 bits per heavy atom. The van der Waals surface area contributed by atoms with Crippen LogP contribution in [0.4, 0.5) is 22.7 Å². The molecule has 0 radical (unpaired) electrons. The lowest BCUT2D eigenvalue weighted by atomic mass is 10.0. The van der Waals surface area contributed by atoms with Crippen LogP contribution in [0.15, 0.2) is 249 Å². The van der Waals surface area contributed by atoms with E-state index in [1.807, 2.05) is 0 Å². The van der Waals surface area contributed by atoms with Gasteiger partial charge in [-0.25, -0.2) is 0 Å². The van der Waals surface area contributed by atoms with Crippen LogP contribution in [0.1, 0.15) is 5.56 Å². The van der Waals surface area contributed by atoms with Gasteiger partial charge in [0.05, 0.1) is 27.8 Å². The lowest BCUT2D eigenvalue weighted by Crippen LogP contribution is -2.16. The van der Waals surface area contributed by atoms with Gasteiger partial charge < -0.3 is 18.9 Å². The van der Waals surface area contributed by atoms with Crippen LogP contribution in [0.5, 0.6) is 0 Å². The number of rotatable bonds is 9. The second kappa shape index (κ2) is 16.2. The lowest BCUT2D eigenvalue weighted by Gasteiger charge is -2.26. The number of aromatic nitrogens is 2. The van der Waals surface area contributed by atoms with Crippen molar-refractivity contribution < 1.29 is 0 Å². The van der Waals surface area contributed by atoms with E-state index in [0.29, 0.717) is 6.54 Å². The summed E-state index contributed by atoms with van der Waals surface area (Å²) in [5.74, 6) is 0. The fraction of sp³-hybridized carbons (Fsp3) is 0.0312. The molecule has 0 N–H and O–H groups in total. The monoisotopic (exact) mass is 870 g/mol. The van der Waals surface area contributed by atoms with Crippen LogP contribution >= 0.6 is 0 Å². The minimum atomic E-state index is 0.679. The maximum absolute atomic E-state index is 2.46. The van der Waals surface area contributed by atoms with Gasteiger partial charge in [-0.3, -0.25) is 0 Å². The number of para-hydroxylation sites is 2. The molecule has 0 aliphatic carbocycles. The molecule has 2 aromatic heterocycles. The van der Waals surface area contributed by atoms with E-state index in [4.69, 9.17) is 0 Å². The molecule has 0 spiro atoms. The van der Waals surface area contributed by atoms with Crippen LogP contribution in [-0.2, 0) is 6.54 Å². The number of fused-ring (bicyclic) bond motifs is 9. The van der Waals surface area contributed by atoms with Gasteiger partial charge in [-0.2, -0.15) is 0 Å². The summed E-state index contributed by atoms with van der Waals surface area (Å²) in [7, 11) is 2.15. The molecular weight excluding hydrogens is 825 g/mol. The van der Waals surface area contributed by atoms with Crippen molar-refractivity contribution in [1.29, 1.82) is 0 Å². The zero-order valence-electron chi connectivity index (χ0n) is 37.7. The number of anilines is 4. The molecule has 0 aliphatic heterocycles. The van der Waals surface area contributed by atoms with Crippen molar-refractivity contribution in [2.24, 2.45) is 0 Å². The molecule has 0 saturated heterocycles. The van der Waals surface area contributed by atoms with Gasteiger partial charge in [0, 0.05) is 69.0 Å². The van der Waals surface area contributed by atoms with Crippen molar-refractivity contribution in [3.05, 3.63) is 254 Å². The van der Waals surface area contributed by atoms with E-state index < -0.39 is 0 Å². The average molecular weight is 871 g/mol. The summed E-state index contributed by atoms with van der Waals surface area (Å²) in [5, 5.41) is 9.94. The van der Waals surface area contributed by atoms with Gasteiger partial charge in [0.2, 0.25) is 0 Å². The van der Waals surface area contributed by atoms with Crippen molar-refractivity contribution >= 4 is 87.9 Å². The highest BCUT2D eigenvalue weighted by Crippen LogP contribution is 2.41. The highest BCUT2D eigenvalue weighted by Gasteiger charge is 2.20. The summed E-state index contributed by atoms with van der Waals surface area (Å²) in [5.41, 5.74) is 15.3. The van der Waals surface area contributed by atoms with Crippen molar-refractivity contribution in [2.75, 3.05) is 16.8 Å². The van der Waals surface area contributed by atoms with E-state index in [2.05, 4.69) is 275 Å². The van der Waals surface area contributed by atoms with Crippen LogP contribution in [0, 0.1) is 0 Å². The molecule has 68 heavy (non-hydrogen) atoms. The molecule has 4 heteroatoms. The first-order chi connectivity index (χ1) is 33.6. The third kappa shape index (κ3) is 6.60. The van der Waals surface area contributed by atoms with E-state index in [9.17, 15) is 0 Å². The third-order valence-corrected chi connectivity index (χ3v) is 14.0. The van der Waals surface area contributed by atoms with Crippen LogP contribution in [-0.4, -0.2) is 16.2 Å². The van der Waals surface area contributed by atoms with Crippen LogP contribution in [0.2, 0.25) is 0 Å². The van der Waals surface area contributed by atoms with Crippen LogP contribution < -0.4 is 9.80 Å². The van der Waals surface area contributed by atoms with Gasteiger partial charge in [0.1, 0.15) is 0 Å². The summed E-state index contributed by atoms with van der Waals surface area (Å²) >= 11 is 0. The molecule has 322 valence electrons. The number of hydrogen-bond donors (Lipinski definition) is 0. The summed E-state index contributed by atoms with van der Waals surface area (Å²) in [4.78, 5) is 4.73. The first kappa shape index (κ1) is 39.5. The molecule has 0 unspecified atom stereocenters. The molecule has 0 bridgehead atoms. The maximum Gasteiger partial charge on any atom is 0.0562 e. The first-order valence-electron chi connectivity index (χ1n) is 23.4. The Labute approximate surface area is 395 Å². The van der Waals surface area contributed by atoms with Gasteiger partial charge in [0.25, 0.3) is 0 Å². The Kier molecular flexibility index (Phi) is 9.43. The van der Waals surface area contributed by atoms with Crippen LogP contribution in [0.3, 0.4) is 0 Å². The molecule has 0 aliphatic rings. The zero-order valence-corrected chi connectivity index (χ0v) is 37.7. The fourth-order valence-corrected chi connectivity index (χ4v) is 10.6. The van der Waals surface area contributed by atoms with Gasteiger partial charge in [-0.05, 0) is 118 Å². The molecular formula is C64H46N4.